The van der Waals surface area contributed by atoms with Gasteiger partial charge in [-0.15, -0.1) is 0 Å². The maximum Gasteiger partial charge on any atom is -0.00180 e. The third kappa shape index (κ3) is 2.73. The van der Waals surface area contributed by atoms with Gasteiger partial charge in [0.1, 0.15) is 0 Å². The lowest BCUT2D eigenvalue weighted by molar-refractivity contribution is 0.129. The summed E-state index contributed by atoms with van der Waals surface area (Å²) in [6.07, 6.45) is 11.1. The molecular weight excluding hydrogens is 170 g/mol. The van der Waals surface area contributed by atoms with Gasteiger partial charge in [0.2, 0.25) is 0 Å². The Hall–Kier alpha value is -0.0400. The van der Waals surface area contributed by atoms with Gasteiger partial charge < -0.3 is 5.73 Å². The molecular formula is C13H27N. The zero-order valence-corrected chi connectivity index (χ0v) is 10.0. The van der Waals surface area contributed by atoms with Crippen molar-refractivity contribution in [2.24, 2.45) is 17.1 Å². The average molecular weight is 197 g/mol. The second-order valence-electron chi connectivity index (χ2n) is 5.14. The van der Waals surface area contributed by atoms with Crippen LogP contribution >= 0.6 is 0 Å². The van der Waals surface area contributed by atoms with Gasteiger partial charge in [-0.05, 0) is 30.7 Å². The third-order valence-electron chi connectivity index (χ3n) is 4.41. The van der Waals surface area contributed by atoms with E-state index >= 15 is 0 Å². The molecule has 0 saturated heterocycles. The fourth-order valence-electron chi connectivity index (χ4n) is 2.94. The van der Waals surface area contributed by atoms with Gasteiger partial charge in [0.05, 0.1) is 0 Å². The SMILES string of the molecule is CCC(C)C1(CN)CCCCCCC1. The van der Waals surface area contributed by atoms with Gasteiger partial charge in [0, 0.05) is 0 Å². The van der Waals surface area contributed by atoms with Crippen LogP contribution in [0.2, 0.25) is 0 Å². The summed E-state index contributed by atoms with van der Waals surface area (Å²) in [5.74, 6) is 0.811. The van der Waals surface area contributed by atoms with Gasteiger partial charge in [-0.1, -0.05) is 52.4 Å². The Morgan fingerprint density at radius 3 is 2.00 bits per heavy atom. The minimum Gasteiger partial charge on any atom is -0.330 e. The molecule has 0 aliphatic heterocycles. The highest BCUT2D eigenvalue weighted by Gasteiger charge is 2.33. The van der Waals surface area contributed by atoms with E-state index in [1.807, 2.05) is 0 Å². The van der Waals surface area contributed by atoms with Crippen LogP contribution in [-0.2, 0) is 0 Å². The lowest BCUT2D eigenvalue weighted by Gasteiger charge is -2.39. The Morgan fingerprint density at radius 1 is 1.07 bits per heavy atom. The van der Waals surface area contributed by atoms with E-state index in [9.17, 15) is 0 Å². The topological polar surface area (TPSA) is 26.0 Å². The van der Waals surface area contributed by atoms with Crippen LogP contribution in [0.3, 0.4) is 0 Å². The van der Waals surface area contributed by atoms with Crippen molar-refractivity contribution in [2.75, 3.05) is 6.54 Å². The van der Waals surface area contributed by atoms with E-state index in [0.717, 1.165) is 12.5 Å². The van der Waals surface area contributed by atoms with Gasteiger partial charge >= 0.3 is 0 Å². The van der Waals surface area contributed by atoms with Crippen LogP contribution in [-0.4, -0.2) is 6.54 Å². The van der Waals surface area contributed by atoms with Crippen molar-refractivity contribution < 1.29 is 0 Å². The van der Waals surface area contributed by atoms with Crippen molar-refractivity contribution in [2.45, 2.75) is 65.2 Å². The molecule has 0 radical (unpaired) electrons. The molecule has 0 spiro atoms. The second kappa shape index (κ2) is 5.75. The van der Waals surface area contributed by atoms with Crippen molar-refractivity contribution in [3.05, 3.63) is 0 Å². The number of hydrogen-bond acceptors (Lipinski definition) is 1. The smallest absolute Gasteiger partial charge is 0.00180 e. The zero-order valence-electron chi connectivity index (χ0n) is 10.0. The average Bonchev–Trinajstić information content (AvgIpc) is 2.18. The van der Waals surface area contributed by atoms with Gasteiger partial charge in [-0.25, -0.2) is 0 Å². The molecule has 2 N–H and O–H groups in total. The van der Waals surface area contributed by atoms with Crippen molar-refractivity contribution in [1.29, 1.82) is 0 Å². The van der Waals surface area contributed by atoms with Crippen LogP contribution < -0.4 is 5.73 Å². The molecule has 1 atom stereocenters. The Morgan fingerprint density at radius 2 is 1.57 bits per heavy atom. The molecule has 0 heterocycles. The monoisotopic (exact) mass is 197 g/mol. The fraction of sp³-hybridized carbons (Fsp3) is 1.00. The van der Waals surface area contributed by atoms with Crippen LogP contribution in [0.1, 0.15) is 65.2 Å². The summed E-state index contributed by atoms with van der Waals surface area (Å²) in [5, 5.41) is 0. The molecule has 1 rings (SSSR count). The summed E-state index contributed by atoms with van der Waals surface area (Å²) in [4.78, 5) is 0. The van der Waals surface area contributed by atoms with Crippen molar-refractivity contribution >= 4 is 0 Å². The summed E-state index contributed by atoms with van der Waals surface area (Å²) < 4.78 is 0. The predicted octanol–water partition coefficient (Wildman–Crippen LogP) is 3.72. The van der Waals surface area contributed by atoms with E-state index in [0.29, 0.717) is 5.41 Å². The molecule has 14 heavy (non-hydrogen) atoms. The second-order valence-corrected chi connectivity index (χ2v) is 5.14. The largest absolute Gasteiger partial charge is 0.330 e. The number of hydrogen-bond donors (Lipinski definition) is 1. The first-order chi connectivity index (χ1) is 6.75. The molecule has 84 valence electrons. The highest BCUT2D eigenvalue weighted by molar-refractivity contribution is 4.85. The van der Waals surface area contributed by atoms with Crippen LogP contribution in [0.25, 0.3) is 0 Å². The van der Waals surface area contributed by atoms with Crippen LogP contribution in [0.5, 0.6) is 0 Å². The Bertz CT molecular complexity index is 145. The maximum absolute atomic E-state index is 6.04. The molecule has 1 saturated carbocycles. The Balaban J connectivity index is 2.62. The Labute approximate surface area is 89.5 Å². The zero-order chi connectivity index (χ0) is 10.4. The molecule has 1 fully saturated rings. The fourth-order valence-corrected chi connectivity index (χ4v) is 2.94. The van der Waals surface area contributed by atoms with Gasteiger partial charge in [0.15, 0.2) is 0 Å². The van der Waals surface area contributed by atoms with E-state index < -0.39 is 0 Å². The molecule has 1 unspecified atom stereocenters. The van der Waals surface area contributed by atoms with Gasteiger partial charge in [0.25, 0.3) is 0 Å². The van der Waals surface area contributed by atoms with E-state index in [1.165, 1.54) is 51.4 Å². The Kier molecular flexibility index (Phi) is 4.94. The van der Waals surface area contributed by atoms with E-state index in [4.69, 9.17) is 5.73 Å². The van der Waals surface area contributed by atoms with Crippen LogP contribution in [0.4, 0.5) is 0 Å². The standard InChI is InChI=1S/C13H27N/c1-3-12(2)13(11-14)9-7-5-4-6-8-10-13/h12H,3-11,14H2,1-2H3. The van der Waals surface area contributed by atoms with Crippen molar-refractivity contribution in [1.82, 2.24) is 0 Å². The molecule has 1 heteroatoms. The van der Waals surface area contributed by atoms with Crippen molar-refractivity contribution in [3.8, 4) is 0 Å². The number of nitrogens with two attached hydrogens (primary N) is 1. The normalized spacial score (nSPS) is 25.1. The predicted molar refractivity (Wildman–Crippen MR) is 63.3 cm³/mol. The summed E-state index contributed by atoms with van der Waals surface area (Å²) in [6.45, 7) is 5.61. The lowest BCUT2D eigenvalue weighted by atomic mass is 9.67. The first-order valence-electron chi connectivity index (χ1n) is 6.45. The highest BCUT2D eigenvalue weighted by Crippen LogP contribution is 2.41. The van der Waals surface area contributed by atoms with Crippen LogP contribution in [0.15, 0.2) is 0 Å². The molecule has 0 bridgehead atoms. The maximum atomic E-state index is 6.04. The highest BCUT2D eigenvalue weighted by atomic mass is 14.6. The summed E-state index contributed by atoms with van der Waals surface area (Å²) in [7, 11) is 0. The molecule has 1 aliphatic rings. The van der Waals surface area contributed by atoms with E-state index in [2.05, 4.69) is 13.8 Å². The first-order valence-corrected chi connectivity index (χ1v) is 6.45. The minimum absolute atomic E-state index is 0.481. The lowest BCUT2D eigenvalue weighted by Crippen LogP contribution is -2.37. The van der Waals surface area contributed by atoms with Crippen LogP contribution in [0, 0.1) is 11.3 Å². The third-order valence-corrected chi connectivity index (χ3v) is 4.41. The molecule has 1 nitrogen and oxygen atoms in total. The quantitative estimate of drug-likeness (QED) is 0.733. The van der Waals surface area contributed by atoms with Gasteiger partial charge in [-0.2, -0.15) is 0 Å². The number of rotatable bonds is 3. The van der Waals surface area contributed by atoms with E-state index in [1.54, 1.807) is 0 Å². The molecule has 0 aromatic carbocycles. The molecule has 0 amide bonds. The summed E-state index contributed by atoms with van der Waals surface area (Å²) >= 11 is 0. The molecule has 0 aromatic rings. The molecule has 0 aromatic heterocycles. The van der Waals surface area contributed by atoms with Gasteiger partial charge in [-0.3, -0.25) is 0 Å². The summed E-state index contributed by atoms with van der Waals surface area (Å²) in [5.41, 5.74) is 6.52. The first kappa shape index (κ1) is 12.0. The minimum atomic E-state index is 0.481. The van der Waals surface area contributed by atoms with E-state index in [-0.39, 0.29) is 0 Å². The van der Waals surface area contributed by atoms with Crippen molar-refractivity contribution in [3.63, 3.8) is 0 Å². The molecule has 1 aliphatic carbocycles. The summed E-state index contributed by atoms with van der Waals surface area (Å²) in [6, 6.07) is 0.